The number of carbonyl (C=O) groups excluding carboxylic acids is 5. The van der Waals surface area contributed by atoms with Gasteiger partial charge in [-0.3, -0.25) is 25.0 Å². The summed E-state index contributed by atoms with van der Waals surface area (Å²) in [6.07, 6.45) is 10.3. The molecule has 6 aromatic carbocycles. The van der Waals surface area contributed by atoms with Crippen molar-refractivity contribution in [3.8, 4) is 74.0 Å². The van der Waals surface area contributed by atoms with Crippen LogP contribution in [0.2, 0.25) is 0 Å². The number of para-hydroxylation sites is 2. The minimum Gasteiger partial charge on any atom is -1.00 e. The molecular weight excluding hydrogens is 2220 g/mol. The summed E-state index contributed by atoms with van der Waals surface area (Å²) < 4.78 is 117. The zero-order valence-electron chi connectivity index (χ0n) is 86.4. The molecule has 9 aliphatic heterocycles. The number of halogens is 6. The molecule has 9 aliphatic rings. The van der Waals surface area contributed by atoms with Gasteiger partial charge in [-0.05, 0) is 214 Å². The van der Waals surface area contributed by atoms with Crippen LogP contribution in [0.4, 0.5) is 66.7 Å². The van der Waals surface area contributed by atoms with Crippen molar-refractivity contribution >= 4 is 124 Å². The average Bonchev–Trinajstić information content (AvgIpc) is 1.60. The quantitative estimate of drug-likeness (QED) is 0.00766. The minimum atomic E-state index is -1.50. The molecule has 4 fully saturated rings. The molecule has 0 unspecified atom stereocenters. The maximum atomic E-state index is 13.4. The molecule has 16 rings (SSSR count). The van der Waals surface area contributed by atoms with Crippen molar-refractivity contribution in [3.63, 3.8) is 0 Å². The van der Waals surface area contributed by atoms with Gasteiger partial charge in [0.2, 0.25) is 17.5 Å². The summed E-state index contributed by atoms with van der Waals surface area (Å²) in [4.78, 5) is 103. The predicted molar refractivity (Wildman–Crippen MR) is 547 cm³/mol. The van der Waals surface area contributed by atoms with E-state index in [-0.39, 0.29) is 202 Å². The largest absolute Gasteiger partial charge is 1.00 e. The number of aromatic nitrogens is 2. The van der Waals surface area contributed by atoms with Gasteiger partial charge < -0.3 is 145 Å². The van der Waals surface area contributed by atoms with E-state index in [9.17, 15) is 52.6 Å². The van der Waals surface area contributed by atoms with Crippen molar-refractivity contribution in [2.24, 2.45) is 5.73 Å². The number of carbonyl (C=O) groups is 5. The normalized spacial score (nSPS) is 16.9. The number of aromatic hydroxyl groups is 2. The standard InChI is InChI=1S/C20H28N4O4.C19H27N3O6.C19H29N3O4.C11H22N2O2.C8H6FNO4.C8H7FO2.C6H5FO2.C2H4Br2.CBrN.CH2O3.CH4.2K.HNO3.H/c1-20(2,3)28-19(25)23-9-5-4-6-13(12-23)24-16-14(22-18(24)21)7-8-15-17(16)27-11-10-26-15;1-19(2,3)28-18(23)21-9-5-4-6-13(12-21)20-16-14(22(24)25)7-8-15-17(16)27-11-10-26-15;1-19(2,3)26-18(23)22-9-5-4-6-13(12-22)21-16-14(20)7-8-15-17(16)25-11-10-24-15;1-11(2,3)15-10(14)13-7-5-4-6-9(12)8-13;9-7-5(10(11)12)1-2-6-8(7)14-4-3-13-6;9-6-2-1-3-7-8(6)11-5-4-10-7;7-4-2-1-3-5(8)6(4)9;3-1-2-4;2-1-3;2-1-4-3;;;;2-1(3)4;/h7-8,13H,4-6,9-12H2,1-3H3,(H2,21,22);7-8,13,20H,4-6,9-12H2,1-3H3;7-8,13,21H,4-6,9-12,20H2,1-3H3;9H,4-8,12H2,1-3H3;1-2H,3-4H2;1-3H,4-5H2;1-3,8-9H;1-2H2;;1,3H;1H4;;;(H,2,3,4);/q;;;;;;;;;;;2*+1;;-1/p-1/t3*13-;9-;;;;;;;;;;;/m1111.........../s1. The predicted octanol–water partition coefficient (Wildman–Crippen LogP) is 11.7. The maximum absolute atomic E-state index is 13.4. The second-order valence-corrected chi connectivity index (χ2v) is 38.8. The van der Waals surface area contributed by atoms with E-state index in [2.05, 4.69) is 68.3 Å². The summed E-state index contributed by atoms with van der Waals surface area (Å²) in [6, 6.07) is 21.0. The van der Waals surface area contributed by atoms with Crippen LogP contribution in [0.1, 0.15) is 175 Å². The number of likely N-dealkylation sites (tertiary alicyclic amines) is 4. The SMILES string of the molecule is BrCCBr.C.CC(C)(C)OC(=O)N1CCCC[C@@H](N)C1.CC(C)(C)OC(=O)N1CCCC[C@@H](Nc2c(N)ccc3c2OCCO3)C1.CC(C)(C)OC(=O)N1CCCC[C@@H](Nc2c([N+](=O)[O-])ccc3c2OCCO3)C1.CC(C)(C)OC(=O)N1CCCC[C@@H](n2c(N)nc3ccc4c(c32)OCCO4)C1.Fc1cccc2c1OCCO2.N#CBr.O=CO[O-].O=[N+]([O-])O.O=[N+]([O-])c1ccc2c(c1F)OCCO2.Oc1cccc(F)c1O.[H-].[K+].[K+]. The number of rotatable bonds is 9. The third kappa shape index (κ3) is 46.3. The number of hydrogen-bond donors (Lipinski definition) is 8. The molecular formula is C96H135Br3F3K2N15O30. The fourth-order valence-electron chi connectivity index (χ4n) is 14.9. The molecule has 0 spiro atoms. The van der Waals surface area contributed by atoms with Gasteiger partial charge in [0.1, 0.15) is 105 Å². The van der Waals surface area contributed by atoms with Crippen LogP contribution in [0, 0.1) is 58.0 Å². The second-order valence-electron chi connectivity index (χ2n) is 36.8. The topological polar surface area (TPSA) is 594 Å². The Morgan fingerprint density at radius 1 is 0.510 bits per heavy atom. The number of nitro groups is 2. The van der Waals surface area contributed by atoms with Crippen molar-refractivity contribution in [3.05, 3.63) is 133 Å². The molecule has 11 N–H and O–H groups in total. The summed E-state index contributed by atoms with van der Waals surface area (Å²) in [5, 5.41) is 77.2. The Hall–Kier alpha value is -9.95. The van der Waals surface area contributed by atoms with Gasteiger partial charge in [0.05, 0.1) is 27.1 Å². The number of fused-ring (bicyclic) bond motifs is 7. The molecule has 149 heavy (non-hydrogen) atoms. The van der Waals surface area contributed by atoms with Gasteiger partial charge in [0.15, 0.2) is 80.6 Å². The first-order chi connectivity index (χ1) is 69.1. The van der Waals surface area contributed by atoms with E-state index in [1.807, 2.05) is 112 Å². The molecule has 4 saturated heterocycles. The molecule has 1 aromatic heterocycles. The smallest absolute Gasteiger partial charge is 1.00 e. The molecule has 0 bridgehead atoms. The van der Waals surface area contributed by atoms with Crippen molar-refractivity contribution < 1.29 is 248 Å². The van der Waals surface area contributed by atoms with Crippen LogP contribution in [-0.2, 0) is 28.6 Å². The van der Waals surface area contributed by atoms with E-state index in [0.717, 1.165) is 123 Å². The van der Waals surface area contributed by atoms with Crippen LogP contribution in [0.25, 0.3) is 11.0 Å². The first-order valence-corrected chi connectivity index (χ1v) is 49.7. The number of ether oxygens (including phenoxy) is 14. The number of phenols is 2. The summed E-state index contributed by atoms with van der Waals surface area (Å²) in [5.41, 5.74) is 18.9. The van der Waals surface area contributed by atoms with Crippen molar-refractivity contribution in [2.45, 2.75) is 214 Å². The van der Waals surface area contributed by atoms with Gasteiger partial charge in [-0.1, -0.05) is 57.8 Å². The fraction of sp³-hybridized carbons (Fsp3) is 0.552. The van der Waals surface area contributed by atoms with Crippen LogP contribution in [0.15, 0.2) is 84.9 Å². The van der Waals surface area contributed by atoms with Crippen LogP contribution in [0.3, 0.4) is 0 Å². The number of hydrogen-bond acceptors (Lipinski definition) is 36. The third-order valence-electron chi connectivity index (χ3n) is 20.8. The van der Waals surface area contributed by atoms with E-state index in [0.29, 0.717) is 163 Å². The zero-order valence-corrected chi connectivity index (χ0v) is 96.4. The zero-order chi connectivity index (χ0) is 108. The fourth-order valence-corrected chi connectivity index (χ4v) is 14.9. The monoisotopic (exact) mass is 2350 g/mol. The summed E-state index contributed by atoms with van der Waals surface area (Å²) in [7, 11) is 0. The maximum Gasteiger partial charge on any atom is 1.00 e. The third-order valence-corrected chi connectivity index (χ3v) is 22.7. The number of phenolic OH excluding ortho intramolecular Hbond substituents is 2. The number of nitrogens with one attached hydrogen (secondary N) is 2. The molecule has 0 saturated carbocycles. The van der Waals surface area contributed by atoms with E-state index in [1.54, 1.807) is 42.8 Å². The van der Waals surface area contributed by atoms with Crippen molar-refractivity contribution in [1.82, 2.24) is 29.2 Å². The Morgan fingerprint density at radius 2 is 0.852 bits per heavy atom. The number of nitriles is 1. The number of nitro benzene ring substituents is 2. The number of nitrogens with zero attached hydrogens (tertiary/aromatic N) is 10. The van der Waals surface area contributed by atoms with Crippen molar-refractivity contribution in [2.75, 3.05) is 151 Å². The number of nitrogen functional groups attached to an aromatic ring is 2. The molecule has 53 heteroatoms. The van der Waals surface area contributed by atoms with Gasteiger partial charge in [-0.25, -0.2) is 32.9 Å². The Labute approximate surface area is 974 Å². The van der Waals surface area contributed by atoms with Crippen LogP contribution < -0.4 is 183 Å². The Kier molecular flexibility index (Phi) is 59.7. The van der Waals surface area contributed by atoms with Gasteiger partial charge >= 0.3 is 133 Å². The number of imidazole rings is 1. The van der Waals surface area contributed by atoms with E-state index >= 15 is 0 Å². The number of alkyl halides is 2. The molecule has 4 atom stereocenters. The summed E-state index contributed by atoms with van der Waals surface area (Å²) >= 11 is 8.85. The molecule has 0 aliphatic carbocycles. The molecule has 0 radical (unpaired) electrons. The number of anilines is 4. The van der Waals surface area contributed by atoms with E-state index in [4.69, 9.17) is 124 Å². The molecule has 4 amide bonds. The molecule has 7 aromatic rings. The van der Waals surface area contributed by atoms with Crippen molar-refractivity contribution in [1.29, 1.82) is 5.26 Å². The molecule has 45 nitrogen and oxygen atoms in total. The van der Waals surface area contributed by atoms with Crippen LogP contribution >= 0.6 is 47.8 Å². The average molecular weight is 2350 g/mol. The van der Waals surface area contributed by atoms with Gasteiger partial charge in [-0.2, -0.15) is 9.65 Å². The Morgan fingerprint density at radius 3 is 1.27 bits per heavy atom. The van der Waals surface area contributed by atoms with E-state index in [1.165, 1.54) is 30.3 Å². The summed E-state index contributed by atoms with van der Waals surface area (Å²) in [5.74, 6) is 1.49. The Balaban J connectivity index is 0.000000590. The van der Waals surface area contributed by atoms with Gasteiger partial charge in [0.25, 0.3) is 17.2 Å². The van der Waals surface area contributed by atoms with Gasteiger partial charge in [0, 0.05) is 109 Å². The molecule has 818 valence electrons. The number of amides is 4. The first kappa shape index (κ1) is 133. The van der Waals surface area contributed by atoms with E-state index < -0.39 is 66.2 Å². The second kappa shape index (κ2) is 66.8. The van der Waals surface area contributed by atoms with Crippen LogP contribution in [0.5, 0.6) is 69.0 Å². The number of nitrogens with two attached hydrogens (primary N) is 3. The minimum absolute atomic E-state index is 0. The Bertz CT molecular complexity index is 5440. The molecule has 10 heterocycles. The van der Waals surface area contributed by atoms with Gasteiger partial charge in [-0.15, -0.1) is 10.1 Å². The number of benzene rings is 6. The first-order valence-electron chi connectivity index (χ1n) is 46.7. The van der Waals surface area contributed by atoms with Crippen LogP contribution in [-0.4, -0.2) is 260 Å². The summed E-state index contributed by atoms with van der Waals surface area (Å²) in [6.45, 7) is 31.3.